The van der Waals surface area contributed by atoms with E-state index in [0.717, 1.165) is 11.3 Å². The van der Waals surface area contributed by atoms with Crippen molar-refractivity contribution >= 4 is 23.2 Å². The zero-order chi connectivity index (χ0) is 14.4. The molecule has 1 amide bonds. The molecular formula is C15H15ClN3O+. The summed E-state index contributed by atoms with van der Waals surface area (Å²) in [7, 11) is 0. The maximum absolute atomic E-state index is 11.7. The third-order valence-electron chi connectivity index (χ3n) is 2.71. The number of halogens is 1. The van der Waals surface area contributed by atoms with E-state index in [-0.39, 0.29) is 12.5 Å². The summed E-state index contributed by atoms with van der Waals surface area (Å²) in [6.07, 6.45) is 3.66. The first-order valence-electron chi connectivity index (χ1n) is 6.18. The molecule has 1 aromatic carbocycles. The van der Waals surface area contributed by atoms with Gasteiger partial charge in [-0.25, -0.2) is 5.43 Å². The van der Waals surface area contributed by atoms with Crippen LogP contribution >= 0.6 is 11.6 Å². The lowest BCUT2D eigenvalue weighted by molar-refractivity contribution is -0.684. The van der Waals surface area contributed by atoms with Gasteiger partial charge in [-0.05, 0) is 24.6 Å². The van der Waals surface area contributed by atoms with Crippen molar-refractivity contribution in [1.29, 1.82) is 0 Å². The van der Waals surface area contributed by atoms with Crippen LogP contribution in [0.3, 0.4) is 0 Å². The third kappa shape index (κ3) is 4.17. The first-order chi connectivity index (χ1) is 9.65. The molecule has 0 bridgehead atoms. The van der Waals surface area contributed by atoms with Gasteiger partial charge in [0.15, 0.2) is 12.4 Å². The molecule has 5 heteroatoms. The van der Waals surface area contributed by atoms with Crippen LogP contribution in [0.2, 0.25) is 5.02 Å². The molecule has 0 unspecified atom stereocenters. The summed E-state index contributed by atoms with van der Waals surface area (Å²) in [6, 6.07) is 12.9. The van der Waals surface area contributed by atoms with E-state index in [1.807, 2.05) is 49.6 Å². The fourth-order valence-electron chi connectivity index (χ4n) is 1.64. The van der Waals surface area contributed by atoms with Gasteiger partial charge in [0.1, 0.15) is 0 Å². The van der Waals surface area contributed by atoms with Crippen molar-refractivity contribution in [3.8, 4) is 0 Å². The molecule has 0 spiro atoms. The van der Waals surface area contributed by atoms with Crippen LogP contribution in [0, 0.1) is 0 Å². The third-order valence-corrected chi connectivity index (χ3v) is 2.97. The molecule has 2 rings (SSSR count). The number of benzene rings is 1. The Hall–Kier alpha value is -2.20. The van der Waals surface area contributed by atoms with Gasteiger partial charge in [0.2, 0.25) is 6.54 Å². The van der Waals surface area contributed by atoms with E-state index in [2.05, 4.69) is 10.5 Å². The number of carbonyl (C=O) groups is 1. The summed E-state index contributed by atoms with van der Waals surface area (Å²) in [5, 5.41) is 4.75. The van der Waals surface area contributed by atoms with Crippen molar-refractivity contribution in [1.82, 2.24) is 5.43 Å². The van der Waals surface area contributed by atoms with Crippen LogP contribution in [-0.4, -0.2) is 11.6 Å². The van der Waals surface area contributed by atoms with Gasteiger partial charge in [-0.3, -0.25) is 4.79 Å². The fraction of sp³-hybridized carbons (Fsp3) is 0.133. The van der Waals surface area contributed by atoms with E-state index in [9.17, 15) is 4.79 Å². The number of pyridine rings is 1. The number of hydrazone groups is 1. The fourth-order valence-corrected chi connectivity index (χ4v) is 1.77. The molecule has 0 saturated heterocycles. The maximum Gasteiger partial charge on any atom is 0.305 e. The van der Waals surface area contributed by atoms with Crippen molar-refractivity contribution in [2.24, 2.45) is 5.10 Å². The standard InChI is InChI=1S/C15H14ClN3O/c1-12(13-5-7-14(16)8-6-13)17-18-15(20)11-19-9-3-2-4-10-19/h2-10H,11H2,1H3/p+1/b17-12+. The molecule has 0 saturated carbocycles. The molecule has 20 heavy (non-hydrogen) atoms. The van der Waals surface area contributed by atoms with E-state index in [1.165, 1.54) is 0 Å². The van der Waals surface area contributed by atoms with Crippen LogP contribution in [0.5, 0.6) is 0 Å². The Morgan fingerprint density at radius 3 is 2.50 bits per heavy atom. The molecule has 0 fully saturated rings. The monoisotopic (exact) mass is 288 g/mol. The zero-order valence-corrected chi connectivity index (χ0v) is 11.8. The second-order valence-corrected chi connectivity index (χ2v) is 4.72. The largest absolute Gasteiger partial charge is 0.305 e. The topological polar surface area (TPSA) is 45.3 Å². The van der Waals surface area contributed by atoms with Crippen LogP contribution < -0.4 is 9.99 Å². The number of aromatic nitrogens is 1. The van der Waals surface area contributed by atoms with E-state index in [0.29, 0.717) is 5.02 Å². The molecule has 0 aliphatic carbocycles. The summed E-state index contributed by atoms with van der Waals surface area (Å²) < 4.78 is 1.78. The molecule has 1 heterocycles. The number of rotatable bonds is 4. The average Bonchev–Trinajstić information content (AvgIpc) is 2.46. The zero-order valence-electron chi connectivity index (χ0n) is 11.1. The van der Waals surface area contributed by atoms with Gasteiger partial charge in [0, 0.05) is 17.2 Å². The molecule has 0 atom stereocenters. The van der Waals surface area contributed by atoms with Gasteiger partial charge >= 0.3 is 5.91 Å². The number of amides is 1. The predicted octanol–water partition coefficient (Wildman–Crippen LogP) is 2.17. The van der Waals surface area contributed by atoms with Gasteiger partial charge in [-0.15, -0.1) is 0 Å². The molecule has 0 aliphatic heterocycles. The van der Waals surface area contributed by atoms with E-state index in [1.54, 1.807) is 16.7 Å². The van der Waals surface area contributed by atoms with Crippen molar-refractivity contribution < 1.29 is 9.36 Å². The summed E-state index contributed by atoms with van der Waals surface area (Å²) in [4.78, 5) is 11.7. The van der Waals surface area contributed by atoms with Crippen LogP contribution in [0.1, 0.15) is 12.5 Å². The lowest BCUT2D eigenvalue weighted by Crippen LogP contribution is -2.41. The molecule has 0 aliphatic rings. The highest BCUT2D eigenvalue weighted by molar-refractivity contribution is 6.30. The molecule has 0 radical (unpaired) electrons. The Bertz CT molecular complexity index is 609. The van der Waals surface area contributed by atoms with Crippen molar-refractivity contribution in [3.63, 3.8) is 0 Å². The van der Waals surface area contributed by atoms with Crippen LogP contribution in [0.25, 0.3) is 0 Å². The Kier molecular flexibility index (Phi) is 4.85. The number of hydrogen-bond donors (Lipinski definition) is 1. The Labute approximate surface area is 122 Å². The maximum atomic E-state index is 11.7. The van der Waals surface area contributed by atoms with Gasteiger partial charge < -0.3 is 0 Å². The highest BCUT2D eigenvalue weighted by Gasteiger charge is 2.07. The van der Waals surface area contributed by atoms with Crippen LogP contribution in [-0.2, 0) is 11.3 Å². The molecule has 4 nitrogen and oxygen atoms in total. The smallest absolute Gasteiger partial charge is 0.266 e. The predicted molar refractivity (Wildman–Crippen MR) is 78.4 cm³/mol. The summed E-state index contributed by atoms with van der Waals surface area (Å²) in [5.41, 5.74) is 4.19. The highest BCUT2D eigenvalue weighted by atomic mass is 35.5. The minimum absolute atomic E-state index is 0.172. The Balaban J connectivity index is 1.95. The number of carbonyl (C=O) groups excluding carboxylic acids is 1. The summed E-state index contributed by atoms with van der Waals surface area (Å²) >= 11 is 5.82. The first-order valence-corrected chi connectivity index (χ1v) is 6.56. The Morgan fingerprint density at radius 2 is 1.85 bits per heavy atom. The Morgan fingerprint density at radius 1 is 1.20 bits per heavy atom. The molecule has 1 aromatic heterocycles. The first kappa shape index (κ1) is 14.2. The van der Waals surface area contributed by atoms with Gasteiger partial charge in [-0.1, -0.05) is 29.8 Å². The SMILES string of the molecule is C/C(=N\NC(=O)C[n+]1ccccc1)c1ccc(Cl)cc1. The van der Waals surface area contributed by atoms with Gasteiger partial charge in [0.05, 0.1) is 5.71 Å². The molecule has 102 valence electrons. The normalized spacial score (nSPS) is 11.2. The van der Waals surface area contributed by atoms with Gasteiger partial charge in [0.25, 0.3) is 0 Å². The van der Waals surface area contributed by atoms with Crippen molar-refractivity contribution in [3.05, 3.63) is 65.4 Å². The molecule has 1 N–H and O–H groups in total. The minimum Gasteiger partial charge on any atom is -0.266 e. The number of hydrogen-bond acceptors (Lipinski definition) is 2. The lowest BCUT2D eigenvalue weighted by atomic mass is 10.1. The van der Waals surface area contributed by atoms with Crippen molar-refractivity contribution in [2.45, 2.75) is 13.5 Å². The molecule has 2 aromatic rings. The van der Waals surface area contributed by atoms with Crippen LogP contribution in [0.4, 0.5) is 0 Å². The van der Waals surface area contributed by atoms with E-state index >= 15 is 0 Å². The minimum atomic E-state index is -0.172. The second-order valence-electron chi connectivity index (χ2n) is 4.29. The second kappa shape index (κ2) is 6.82. The highest BCUT2D eigenvalue weighted by Crippen LogP contribution is 2.09. The summed E-state index contributed by atoms with van der Waals surface area (Å²) in [5.74, 6) is -0.172. The quantitative estimate of drug-likeness (QED) is 0.523. The van der Waals surface area contributed by atoms with Crippen molar-refractivity contribution in [2.75, 3.05) is 0 Å². The van der Waals surface area contributed by atoms with E-state index < -0.39 is 0 Å². The van der Waals surface area contributed by atoms with E-state index in [4.69, 9.17) is 11.6 Å². The lowest BCUT2D eigenvalue weighted by Gasteiger charge is -2.02. The summed E-state index contributed by atoms with van der Waals surface area (Å²) in [6.45, 7) is 2.07. The van der Waals surface area contributed by atoms with Crippen LogP contribution in [0.15, 0.2) is 60.0 Å². The average molecular weight is 289 g/mol. The molecular weight excluding hydrogens is 274 g/mol. The number of nitrogens with zero attached hydrogens (tertiary/aromatic N) is 2. The number of nitrogens with one attached hydrogen (secondary N) is 1. The van der Waals surface area contributed by atoms with Gasteiger partial charge in [-0.2, -0.15) is 9.67 Å².